The number of hydrogen-bond acceptors (Lipinski definition) is 2. The summed E-state index contributed by atoms with van der Waals surface area (Å²) in [6.45, 7) is 4.21. The molecule has 0 amide bonds. The molecule has 1 heterocycles. The minimum atomic E-state index is 0.331. The first kappa shape index (κ1) is 9.99. The molecule has 1 aliphatic heterocycles. The van der Waals surface area contributed by atoms with Crippen molar-refractivity contribution in [1.82, 2.24) is 5.32 Å². The highest BCUT2D eigenvalue weighted by molar-refractivity contribution is 9.10. The molecule has 2 N–H and O–H groups in total. The van der Waals surface area contributed by atoms with Gasteiger partial charge in [0.1, 0.15) is 5.75 Å². The molecule has 1 fully saturated rings. The number of rotatable bonds is 1. The van der Waals surface area contributed by atoms with E-state index in [1.807, 2.05) is 6.07 Å². The molecule has 1 aromatic rings. The fraction of sp³-hybridized carbons (Fsp3) is 0.455. The lowest BCUT2D eigenvalue weighted by Crippen LogP contribution is -2.08. The van der Waals surface area contributed by atoms with Crippen molar-refractivity contribution in [3.05, 3.63) is 27.7 Å². The van der Waals surface area contributed by atoms with Crippen molar-refractivity contribution in [2.24, 2.45) is 0 Å². The quantitative estimate of drug-likeness (QED) is 0.809. The summed E-state index contributed by atoms with van der Waals surface area (Å²) in [6.07, 6.45) is 1.19. The van der Waals surface area contributed by atoms with Crippen molar-refractivity contribution in [2.45, 2.75) is 19.3 Å². The number of phenols is 1. The third kappa shape index (κ3) is 1.66. The van der Waals surface area contributed by atoms with Gasteiger partial charge in [-0.1, -0.05) is 6.07 Å². The Morgan fingerprint density at radius 2 is 2.29 bits per heavy atom. The van der Waals surface area contributed by atoms with Gasteiger partial charge in [0.2, 0.25) is 0 Å². The molecule has 2 rings (SSSR count). The van der Waals surface area contributed by atoms with Crippen LogP contribution in [0.25, 0.3) is 0 Å². The summed E-state index contributed by atoms with van der Waals surface area (Å²) in [5, 5.41) is 12.9. The van der Waals surface area contributed by atoms with Gasteiger partial charge >= 0.3 is 0 Å². The smallest absolute Gasteiger partial charge is 0.130 e. The predicted octanol–water partition coefficient (Wildman–Crippen LogP) is 2.54. The zero-order chi connectivity index (χ0) is 10.1. The van der Waals surface area contributed by atoms with E-state index in [0.717, 1.165) is 17.6 Å². The highest BCUT2D eigenvalue weighted by Crippen LogP contribution is 2.34. The number of nitrogens with one attached hydrogen (secondary N) is 1. The summed E-state index contributed by atoms with van der Waals surface area (Å²) < 4.78 is 0.835. The third-order valence-electron chi connectivity index (χ3n) is 2.91. The summed E-state index contributed by atoms with van der Waals surface area (Å²) in [5.74, 6) is 0.934. The molecular weight excluding hydrogens is 242 g/mol. The van der Waals surface area contributed by atoms with Crippen LogP contribution in [-0.2, 0) is 0 Å². The van der Waals surface area contributed by atoms with E-state index in [2.05, 4.69) is 28.2 Å². The van der Waals surface area contributed by atoms with Crippen LogP contribution >= 0.6 is 15.9 Å². The van der Waals surface area contributed by atoms with E-state index < -0.39 is 0 Å². The Bertz CT molecular complexity index is 345. The summed E-state index contributed by atoms with van der Waals surface area (Å²) in [7, 11) is 0. The van der Waals surface area contributed by atoms with Gasteiger partial charge in [0.25, 0.3) is 0 Å². The van der Waals surface area contributed by atoms with Crippen LogP contribution in [0.2, 0.25) is 0 Å². The number of halogens is 1. The van der Waals surface area contributed by atoms with E-state index in [1.54, 1.807) is 6.07 Å². The Hall–Kier alpha value is -0.540. The van der Waals surface area contributed by atoms with Crippen molar-refractivity contribution >= 4 is 15.9 Å². The van der Waals surface area contributed by atoms with Gasteiger partial charge in [-0.05, 0) is 58.9 Å². The molecule has 0 bridgehead atoms. The molecule has 1 atom stereocenters. The van der Waals surface area contributed by atoms with E-state index in [4.69, 9.17) is 0 Å². The van der Waals surface area contributed by atoms with Gasteiger partial charge < -0.3 is 10.4 Å². The van der Waals surface area contributed by atoms with Gasteiger partial charge in [-0.2, -0.15) is 0 Å². The number of phenolic OH excluding ortho intramolecular Hbond substituents is 1. The summed E-state index contributed by atoms with van der Waals surface area (Å²) >= 11 is 3.41. The number of aromatic hydroxyl groups is 1. The van der Waals surface area contributed by atoms with Crippen LogP contribution in [0.3, 0.4) is 0 Å². The molecule has 2 nitrogen and oxygen atoms in total. The SMILES string of the molecule is Cc1c(C2CCNC2)ccc(O)c1Br. The van der Waals surface area contributed by atoms with Crippen molar-refractivity contribution in [2.75, 3.05) is 13.1 Å². The Kier molecular flexibility index (Phi) is 2.79. The first-order valence-electron chi connectivity index (χ1n) is 4.89. The molecule has 14 heavy (non-hydrogen) atoms. The van der Waals surface area contributed by atoms with Crippen LogP contribution in [0.5, 0.6) is 5.75 Å². The molecular formula is C11H14BrNO. The highest BCUT2D eigenvalue weighted by Gasteiger charge is 2.19. The maximum atomic E-state index is 9.50. The minimum Gasteiger partial charge on any atom is -0.507 e. The Labute approximate surface area is 92.5 Å². The molecule has 1 aliphatic rings. The van der Waals surface area contributed by atoms with E-state index >= 15 is 0 Å². The van der Waals surface area contributed by atoms with Gasteiger partial charge in [-0.25, -0.2) is 0 Å². The zero-order valence-electron chi connectivity index (χ0n) is 8.18. The molecule has 0 saturated carbocycles. The van der Waals surface area contributed by atoms with Crippen molar-refractivity contribution < 1.29 is 5.11 Å². The van der Waals surface area contributed by atoms with E-state index in [-0.39, 0.29) is 0 Å². The van der Waals surface area contributed by atoms with E-state index in [1.165, 1.54) is 17.5 Å². The fourth-order valence-electron chi connectivity index (χ4n) is 2.05. The Morgan fingerprint density at radius 1 is 1.50 bits per heavy atom. The zero-order valence-corrected chi connectivity index (χ0v) is 9.76. The minimum absolute atomic E-state index is 0.331. The predicted molar refractivity (Wildman–Crippen MR) is 60.8 cm³/mol. The Balaban J connectivity index is 2.38. The molecule has 0 radical (unpaired) electrons. The molecule has 0 aliphatic carbocycles. The molecule has 3 heteroatoms. The maximum absolute atomic E-state index is 9.50. The largest absolute Gasteiger partial charge is 0.507 e. The maximum Gasteiger partial charge on any atom is 0.130 e. The monoisotopic (exact) mass is 255 g/mol. The standard InChI is InChI=1S/C11H14BrNO/c1-7-9(8-4-5-13-6-8)2-3-10(14)11(7)12/h2-3,8,13-14H,4-6H2,1H3. The second-order valence-corrected chi connectivity index (χ2v) is 4.60. The van der Waals surface area contributed by atoms with Crippen LogP contribution in [0.4, 0.5) is 0 Å². The van der Waals surface area contributed by atoms with Gasteiger partial charge in [-0.3, -0.25) is 0 Å². The number of benzene rings is 1. The summed E-state index contributed by atoms with van der Waals surface area (Å²) in [5.41, 5.74) is 2.51. The highest BCUT2D eigenvalue weighted by atomic mass is 79.9. The van der Waals surface area contributed by atoms with Crippen LogP contribution in [0.1, 0.15) is 23.5 Å². The fourth-order valence-corrected chi connectivity index (χ4v) is 2.41. The molecule has 0 spiro atoms. The molecule has 1 saturated heterocycles. The lowest BCUT2D eigenvalue weighted by Gasteiger charge is -2.14. The molecule has 76 valence electrons. The van der Waals surface area contributed by atoms with Crippen LogP contribution in [0.15, 0.2) is 16.6 Å². The van der Waals surface area contributed by atoms with Gasteiger partial charge in [0, 0.05) is 6.54 Å². The Morgan fingerprint density at radius 3 is 2.93 bits per heavy atom. The van der Waals surface area contributed by atoms with E-state index in [9.17, 15) is 5.11 Å². The molecule has 1 unspecified atom stereocenters. The van der Waals surface area contributed by atoms with Gasteiger partial charge in [0.15, 0.2) is 0 Å². The van der Waals surface area contributed by atoms with Crippen molar-refractivity contribution in [3.63, 3.8) is 0 Å². The van der Waals surface area contributed by atoms with Crippen molar-refractivity contribution in [1.29, 1.82) is 0 Å². The molecule has 1 aromatic carbocycles. The molecule has 0 aromatic heterocycles. The topological polar surface area (TPSA) is 32.3 Å². The summed E-state index contributed by atoms with van der Waals surface area (Å²) in [6, 6.07) is 3.80. The van der Waals surface area contributed by atoms with Gasteiger partial charge in [0.05, 0.1) is 4.47 Å². The third-order valence-corrected chi connectivity index (χ3v) is 3.91. The lowest BCUT2D eigenvalue weighted by atomic mass is 9.94. The first-order valence-corrected chi connectivity index (χ1v) is 5.68. The first-order chi connectivity index (χ1) is 6.70. The normalized spacial score (nSPS) is 21.4. The number of hydrogen-bond donors (Lipinski definition) is 2. The second-order valence-electron chi connectivity index (χ2n) is 3.80. The average molecular weight is 256 g/mol. The van der Waals surface area contributed by atoms with Crippen LogP contribution in [0, 0.1) is 6.92 Å². The van der Waals surface area contributed by atoms with Gasteiger partial charge in [-0.15, -0.1) is 0 Å². The van der Waals surface area contributed by atoms with E-state index in [0.29, 0.717) is 11.7 Å². The summed E-state index contributed by atoms with van der Waals surface area (Å²) in [4.78, 5) is 0. The average Bonchev–Trinajstić information content (AvgIpc) is 2.67. The second kappa shape index (κ2) is 3.91. The van der Waals surface area contributed by atoms with Crippen LogP contribution < -0.4 is 5.32 Å². The van der Waals surface area contributed by atoms with Crippen LogP contribution in [-0.4, -0.2) is 18.2 Å². The van der Waals surface area contributed by atoms with Crippen molar-refractivity contribution in [3.8, 4) is 5.75 Å². The lowest BCUT2D eigenvalue weighted by molar-refractivity contribution is 0.470.